The Morgan fingerprint density at radius 3 is 1.87 bits per heavy atom. The van der Waals surface area contributed by atoms with Crippen LogP contribution < -0.4 is 0 Å². The van der Waals surface area contributed by atoms with Gasteiger partial charge < -0.3 is 14.2 Å². The van der Waals surface area contributed by atoms with Crippen molar-refractivity contribution in [3.63, 3.8) is 0 Å². The van der Waals surface area contributed by atoms with Gasteiger partial charge in [0, 0.05) is 11.5 Å². The fourth-order valence-corrected chi connectivity index (χ4v) is 2.35. The van der Waals surface area contributed by atoms with Gasteiger partial charge in [-0.05, 0) is 6.42 Å². The standard InChI is InChI=1S/C6H7N2O5S2/c1-7-6(8-2)14(9,10)4-3-5-15(11,12)13/h3-5H2,(H,11,12,13)/q-1/p-1. The van der Waals surface area contributed by atoms with E-state index in [-0.39, 0.29) is 0 Å². The predicted molar refractivity (Wildman–Crippen MR) is 49.4 cm³/mol. The second-order valence-corrected chi connectivity index (χ2v) is 5.97. The fraction of sp³-hybridized carbons (Fsp3) is 0.500. The van der Waals surface area contributed by atoms with Crippen LogP contribution in [0.5, 0.6) is 0 Å². The van der Waals surface area contributed by atoms with E-state index in [1.165, 1.54) is 0 Å². The highest BCUT2D eigenvalue weighted by molar-refractivity contribution is 7.94. The Morgan fingerprint density at radius 2 is 1.53 bits per heavy atom. The largest absolute Gasteiger partial charge is 0.748 e. The molecular formula is C6H6N2O5S2-2. The lowest BCUT2D eigenvalue weighted by atomic mass is 10.6. The first-order valence-electron chi connectivity index (χ1n) is 3.51. The van der Waals surface area contributed by atoms with Crippen molar-refractivity contribution in [2.24, 2.45) is 0 Å². The number of rotatable bonds is 5. The summed E-state index contributed by atoms with van der Waals surface area (Å²) in [6, 6.07) is 0. The maximum Gasteiger partial charge on any atom is 0.425 e. The molecule has 0 rings (SSSR count). The van der Waals surface area contributed by atoms with Crippen molar-refractivity contribution >= 4 is 20.0 Å². The molecule has 7 nitrogen and oxygen atoms in total. The average Bonchev–Trinajstić information content (AvgIpc) is 2.02. The molecule has 0 aliphatic carbocycles. The number of hydrogen-bond donors (Lipinski definition) is 0. The summed E-state index contributed by atoms with van der Waals surface area (Å²) in [4.78, 5) is 4.98. The van der Waals surface area contributed by atoms with Gasteiger partial charge in [0.15, 0.2) is 9.84 Å². The molecule has 0 fully saturated rings. The Balaban J connectivity index is 4.45. The normalized spacial score (nSPS) is 11.4. The minimum Gasteiger partial charge on any atom is -0.748 e. The molecule has 0 unspecified atom stereocenters. The molecule has 0 heterocycles. The molecule has 0 radical (unpaired) electrons. The Bertz CT molecular complexity index is 479. The molecule has 0 bridgehead atoms. The van der Waals surface area contributed by atoms with Crippen LogP contribution in [0.3, 0.4) is 0 Å². The summed E-state index contributed by atoms with van der Waals surface area (Å²) >= 11 is 0. The molecule has 0 saturated carbocycles. The van der Waals surface area contributed by atoms with E-state index >= 15 is 0 Å². The fourth-order valence-electron chi connectivity index (χ4n) is 0.681. The van der Waals surface area contributed by atoms with Gasteiger partial charge in [0.25, 0.3) is 0 Å². The first-order valence-corrected chi connectivity index (χ1v) is 6.74. The molecule has 0 spiro atoms. The van der Waals surface area contributed by atoms with Crippen molar-refractivity contribution in [3.8, 4) is 0 Å². The summed E-state index contributed by atoms with van der Waals surface area (Å²) in [7, 11) is -8.50. The predicted octanol–water partition coefficient (Wildman–Crippen LogP) is -0.378. The van der Waals surface area contributed by atoms with Gasteiger partial charge in [-0.2, -0.15) is 0 Å². The summed E-state index contributed by atoms with van der Waals surface area (Å²) in [5.74, 6) is -1.51. The van der Waals surface area contributed by atoms with Crippen LogP contribution in [0.15, 0.2) is 0 Å². The Morgan fingerprint density at radius 1 is 1.07 bits per heavy atom. The maximum absolute atomic E-state index is 11.1. The van der Waals surface area contributed by atoms with E-state index < -0.39 is 43.4 Å². The van der Waals surface area contributed by atoms with Gasteiger partial charge in [0.05, 0.1) is 10.1 Å². The smallest absolute Gasteiger partial charge is 0.425 e. The van der Waals surface area contributed by atoms with E-state index in [4.69, 9.17) is 13.1 Å². The zero-order chi connectivity index (χ0) is 12.1. The molecule has 0 aliphatic heterocycles. The van der Waals surface area contributed by atoms with Crippen LogP contribution in [0, 0.1) is 18.6 Å². The molecule has 0 saturated heterocycles. The molecule has 84 valence electrons. The van der Waals surface area contributed by atoms with Gasteiger partial charge in [0.1, 0.15) is 0 Å². The lowest BCUT2D eigenvalue weighted by molar-refractivity contribution is 0.462. The summed E-state index contributed by atoms with van der Waals surface area (Å²) in [6.45, 7) is 12.8. The second-order valence-electron chi connectivity index (χ2n) is 2.44. The summed E-state index contributed by atoms with van der Waals surface area (Å²) in [6.07, 6.45) is -0.414. The van der Waals surface area contributed by atoms with Crippen molar-refractivity contribution in [1.29, 1.82) is 0 Å². The van der Waals surface area contributed by atoms with E-state index in [0.29, 0.717) is 0 Å². The number of nitrogens with zero attached hydrogens (tertiary/aromatic N) is 2. The molecule has 0 aliphatic rings. The Labute approximate surface area is 88.0 Å². The van der Waals surface area contributed by atoms with Gasteiger partial charge in [-0.1, -0.05) is 0 Å². The highest BCUT2D eigenvalue weighted by atomic mass is 32.2. The highest BCUT2D eigenvalue weighted by Gasteiger charge is 2.24. The minimum atomic E-state index is -4.46. The minimum absolute atomic E-state index is 0.414. The van der Waals surface area contributed by atoms with Crippen LogP contribution >= 0.6 is 0 Å². The zero-order valence-electron chi connectivity index (χ0n) is 7.37. The van der Waals surface area contributed by atoms with Crippen molar-refractivity contribution in [2.75, 3.05) is 11.5 Å². The molecule has 0 atom stereocenters. The third-order valence-corrected chi connectivity index (χ3v) is 3.63. The van der Waals surface area contributed by atoms with E-state index in [9.17, 15) is 21.4 Å². The van der Waals surface area contributed by atoms with Crippen molar-refractivity contribution in [3.05, 3.63) is 28.3 Å². The SMILES string of the molecule is [C-]#[N+][C-]([N+]#[C-])S(=O)(=O)CCCS(=O)(=O)[O-]. The van der Waals surface area contributed by atoms with Crippen molar-refractivity contribution in [1.82, 2.24) is 0 Å². The maximum atomic E-state index is 11.1. The Hall–Kier alpha value is -1.29. The van der Waals surface area contributed by atoms with Crippen LogP contribution in [0.2, 0.25) is 0 Å². The monoisotopic (exact) mass is 250 g/mol. The number of hydrogen-bond acceptors (Lipinski definition) is 5. The quantitative estimate of drug-likeness (QED) is 0.489. The van der Waals surface area contributed by atoms with Gasteiger partial charge >= 0.3 is 5.50 Å². The van der Waals surface area contributed by atoms with E-state index in [1.54, 1.807) is 0 Å². The van der Waals surface area contributed by atoms with Crippen LogP contribution in [-0.4, -0.2) is 32.9 Å². The highest BCUT2D eigenvalue weighted by Crippen LogP contribution is 2.15. The topological polar surface area (TPSA) is 100 Å². The molecule has 0 aromatic rings. The first kappa shape index (κ1) is 13.7. The molecule has 15 heavy (non-hydrogen) atoms. The van der Waals surface area contributed by atoms with Crippen molar-refractivity contribution < 1.29 is 21.4 Å². The first-order chi connectivity index (χ1) is 6.73. The van der Waals surface area contributed by atoms with Gasteiger partial charge in [-0.25, -0.2) is 16.8 Å². The third-order valence-electron chi connectivity index (χ3n) is 1.28. The molecule has 9 heteroatoms. The van der Waals surface area contributed by atoms with Crippen LogP contribution in [-0.2, 0) is 20.0 Å². The van der Waals surface area contributed by atoms with Gasteiger partial charge in [-0.15, -0.1) is 0 Å². The molecule has 0 aromatic carbocycles. The zero-order valence-corrected chi connectivity index (χ0v) is 9.01. The van der Waals surface area contributed by atoms with E-state index in [2.05, 4.69) is 9.69 Å². The molecule has 0 aromatic heterocycles. The lowest BCUT2D eigenvalue weighted by Gasteiger charge is -2.08. The van der Waals surface area contributed by atoms with Crippen LogP contribution in [0.4, 0.5) is 0 Å². The van der Waals surface area contributed by atoms with Gasteiger partial charge in [0.2, 0.25) is 0 Å². The van der Waals surface area contributed by atoms with Crippen molar-refractivity contribution in [2.45, 2.75) is 6.42 Å². The second kappa shape index (κ2) is 4.98. The third kappa shape index (κ3) is 5.22. The summed E-state index contributed by atoms with van der Waals surface area (Å²) < 4.78 is 52.7. The average molecular weight is 250 g/mol. The lowest BCUT2D eigenvalue weighted by Crippen LogP contribution is -2.15. The summed E-state index contributed by atoms with van der Waals surface area (Å²) in [5.41, 5.74) is -1.01. The molecule has 0 N–H and O–H groups in total. The van der Waals surface area contributed by atoms with Gasteiger partial charge in [-0.3, -0.25) is 13.1 Å². The van der Waals surface area contributed by atoms with E-state index in [0.717, 1.165) is 0 Å². The number of sulfone groups is 1. The summed E-state index contributed by atoms with van der Waals surface area (Å²) in [5, 5.41) is 0. The van der Waals surface area contributed by atoms with Crippen LogP contribution in [0.1, 0.15) is 6.42 Å². The Kier molecular flexibility index (Phi) is 4.55. The van der Waals surface area contributed by atoms with E-state index in [1.807, 2.05) is 0 Å². The molecule has 0 amide bonds. The van der Waals surface area contributed by atoms with Crippen LogP contribution in [0.25, 0.3) is 9.69 Å². The molecular weight excluding hydrogens is 244 g/mol.